The zero-order valence-corrected chi connectivity index (χ0v) is 20.9. The summed E-state index contributed by atoms with van der Waals surface area (Å²) in [5.41, 5.74) is 3.32. The molecule has 2 aromatic carbocycles. The standard InChI is InChI=1S/C27H35ClN2O3/c1-5-7-13-30(14-8-6-2)18-25(31)22-15-23(19-9-11-20(28)12-10-19)29-24-17-27(33-4)26(32-3)16-21(22)24/h9-12,15-17,25,31H,5-8,13-14,18H2,1-4H3/t25-/m0/s1. The number of hydrogen-bond donors (Lipinski definition) is 1. The average Bonchev–Trinajstić information content (AvgIpc) is 2.84. The van der Waals surface area contributed by atoms with Crippen molar-refractivity contribution in [1.82, 2.24) is 9.88 Å². The number of methoxy groups -OCH3 is 2. The molecule has 0 aliphatic carbocycles. The zero-order valence-electron chi connectivity index (χ0n) is 20.1. The van der Waals surface area contributed by atoms with Crippen molar-refractivity contribution >= 4 is 22.5 Å². The Hall–Kier alpha value is -2.34. The first-order chi connectivity index (χ1) is 16.0. The van der Waals surface area contributed by atoms with E-state index in [-0.39, 0.29) is 0 Å². The van der Waals surface area contributed by atoms with E-state index in [2.05, 4.69) is 18.7 Å². The number of hydrogen-bond acceptors (Lipinski definition) is 5. The summed E-state index contributed by atoms with van der Waals surface area (Å²) < 4.78 is 11.0. The van der Waals surface area contributed by atoms with Crippen LogP contribution in [-0.4, -0.2) is 48.8 Å². The van der Waals surface area contributed by atoms with E-state index in [9.17, 15) is 5.11 Å². The van der Waals surface area contributed by atoms with Crippen molar-refractivity contribution in [1.29, 1.82) is 0 Å². The maximum atomic E-state index is 11.4. The number of aliphatic hydroxyl groups excluding tert-OH is 1. The molecule has 0 spiro atoms. The van der Waals surface area contributed by atoms with E-state index < -0.39 is 6.10 Å². The Morgan fingerprint density at radius 2 is 1.55 bits per heavy atom. The normalized spacial score (nSPS) is 12.3. The topological polar surface area (TPSA) is 54.8 Å². The van der Waals surface area contributed by atoms with Gasteiger partial charge < -0.3 is 19.5 Å². The van der Waals surface area contributed by atoms with E-state index in [4.69, 9.17) is 26.1 Å². The monoisotopic (exact) mass is 470 g/mol. The molecule has 0 radical (unpaired) electrons. The van der Waals surface area contributed by atoms with Gasteiger partial charge in [-0.05, 0) is 55.8 Å². The van der Waals surface area contributed by atoms with Gasteiger partial charge in [-0.2, -0.15) is 0 Å². The van der Waals surface area contributed by atoms with Crippen LogP contribution in [0, 0.1) is 0 Å². The highest BCUT2D eigenvalue weighted by Gasteiger charge is 2.20. The van der Waals surface area contributed by atoms with Gasteiger partial charge in [0, 0.05) is 28.6 Å². The van der Waals surface area contributed by atoms with Gasteiger partial charge in [-0.15, -0.1) is 0 Å². The van der Waals surface area contributed by atoms with Crippen LogP contribution in [0.5, 0.6) is 11.5 Å². The summed E-state index contributed by atoms with van der Waals surface area (Å²) in [7, 11) is 3.23. The van der Waals surface area contributed by atoms with E-state index in [0.717, 1.165) is 66.5 Å². The number of benzene rings is 2. The molecular formula is C27H35ClN2O3. The Balaban J connectivity index is 2.08. The molecule has 33 heavy (non-hydrogen) atoms. The molecule has 3 aromatic rings. The lowest BCUT2D eigenvalue weighted by molar-refractivity contribution is 0.112. The number of unbranched alkanes of at least 4 members (excludes halogenated alkanes) is 2. The van der Waals surface area contributed by atoms with Crippen molar-refractivity contribution in [3.8, 4) is 22.8 Å². The van der Waals surface area contributed by atoms with Gasteiger partial charge in [0.05, 0.1) is 31.5 Å². The van der Waals surface area contributed by atoms with Crippen LogP contribution in [-0.2, 0) is 0 Å². The van der Waals surface area contributed by atoms with E-state index in [1.807, 2.05) is 42.5 Å². The maximum absolute atomic E-state index is 11.4. The molecule has 0 aliphatic heterocycles. The van der Waals surface area contributed by atoms with Gasteiger partial charge in [-0.3, -0.25) is 0 Å². The molecule has 1 N–H and O–H groups in total. The smallest absolute Gasteiger partial charge is 0.162 e. The second kappa shape index (κ2) is 12.2. The van der Waals surface area contributed by atoms with Crippen molar-refractivity contribution in [2.24, 2.45) is 0 Å². The number of nitrogens with zero attached hydrogens (tertiary/aromatic N) is 2. The zero-order chi connectivity index (χ0) is 23.8. The summed E-state index contributed by atoms with van der Waals surface area (Å²) in [6.07, 6.45) is 3.85. The van der Waals surface area contributed by atoms with Crippen molar-refractivity contribution in [3.05, 3.63) is 53.1 Å². The van der Waals surface area contributed by atoms with E-state index >= 15 is 0 Å². The largest absolute Gasteiger partial charge is 0.493 e. The molecule has 0 fully saturated rings. The fourth-order valence-electron chi connectivity index (χ4n) is 4.02. The lowest BCUT2D eigenvalue weighted by Gasteiger charge is -2.26. The summed E-state index contributed by atoms with van der Waals surface area (Å²) in [6.45, 7) is 6.94. The number of halogens is 1. The number of rotatable bonds is 12. The fourth-order valence-corrected chi connectivity index (χ4v) is 4.15. The molecule has 0 aliphatic rings. The van der Waals surface area contributed by atoms with E-state index in [0.29, 0.717) is 23.1 Å². The van der Waals surface area contributed by atoms with Gasteiger partial charge in [0.1, 0.15) is 0 Å². The predicted molar refractivity (Wildman–Crippen MR) is 137 cm³/mol. The number of aliphatic hydroxyl groups is 1. The van der Waals surface area contributed by atoms with E-state index in [1.165, 1.54) is 0 Å². The molecule has 0 saturated carbocycles. The molecule has 6 heteroatoms. The molecule has 0 saturated heterocycles. The lowest BCUT2D eigenvalue weighted by atomic mass is 9.99. The Morgan fingerprint density at radius 1 is 0.939 bits per heavy atom. The third kappa shape index (κ3) is 6.38. The number of aromatic nitrogens is 1. The second-order valence-corrected chi connectivity index (χ2v) is 8.79. The Labute approximate surface area is 202 Å². The van der Waals surface area contributed by atoms with Gasteiger partial charge in [0.2, 0.25) is 0 Å². The Morgan fingerprint density at radius 3 is 2.12 bits per heavy atom. The molecule has 3 rings (SSSR count). The summed E-state index contributed by atoms with van der Waals surface area (Å²) >= 11 is 6.09. The van der Waals surface area contributed by atoms with Crippen LogP contribution in [0.1, 0.15) is 51.2 Å². The van der Waals surface area contributed by atoms with Crippen molar-refractivity contribution < 1.29 is 14.6 Å². The molecule has 1 atom stereocenters. The summed E-state index contributed by atoms with van der Waals surface area (Å²) in [4.78, 5) is 7.24. The molecule has 0 bridgehead atoms. The van der Waals surface area contributed by atoms with Crippen molar-refractivity contribution in [2.45, 2.75) is 45.6 Å². The van der Waals surface area contributed by atoms with Crippen LogP contribution in [0.2, 0.25) is 5.02 Å². The van der Waals surface area contributed by atoms with Gasteiger partial charge in [0.25, 0.3) is 0 Å². The number of ether oxygens (including phenoxy) is 2. The van der Waals surface area contributed by atoms with Gasteiger partial charge in [-0.25, -0.2) is 4.98 Å². The summed E-state index contributed by atoms with van der Waals surface area (Å²) in [5.74, 6) is 1.23. The maximum Gasteiger partial charge on any atom is 0.162 e. The molecular weight excluding hydrogens is 436 g/mol. The van der Waals surface area contributed by atoms with Crippen LogP contribution in [0.3, 0.4) is 0 Å². The minimum Gasteiger partial charge on any atom is -0.493 e. The van der Waals surface area contributed by atoms with Gasteiger partial charge >= 0.3 is 0 Å². The molecule has 178 valence electrons. The number of fused-ring (bicyclic) bond motifs is 1. The number of pyridine rings is 1. The van der Waals surface area contributed by atoms with Gasteiger partial charge in [-0.1, -0.05) is 50.4 Å². The summed E-state index contributed by atoms with van der Waals surface area (Å²) in [6, 6.07) is 13.4. The van der Waals surface area contributed by atoms with Crippen LogP contribution in [0.25, 0.3) is 22.2 Å². The minimum absolute atomic E-state index is 0.577. The summed E-state index contributed by atoms with van der Waals surface area (Å²) in [5, 5.41) is 13.0. The SMILES string of the molecule is CCCCN(CCCC)C[C@H](O)c1cc(-c2ccc(Cl)cc2)nc2cc(OC)c(OC)cc12. The molecule has 0 amide bonds. The Bertz CT molecular complexity index is 1030. The quantitative estimate of drug-likeness (QED) is 0.327. The van der Waals surface area contributed by atoms with Gasteiger partial charge in [0.15, 0.2) is 11.5 Å². The van der Waals surface area contributed by atoms with Crippen LogP contribution >= 0.6 is 11.6 Å². The highest BCUT2D eigenvalue weighted by molar-refractivity contribution is 6.30. The first-order valence-corrected chi connectivity index (χ1v) is 12.1. The third-order valence-electron chi connectivity index (χ3n) is 5.93. The molecule has 1 aromatic heterocycles. The second-order valence-electron chi connectivity index (χ2n) is 8.35. The van der Waals surface area contributed by atoms with Crippen LogP contribution in [0.4, 0.5) is 0 Å². The first kappa shape index (κ1) is 25.3. The fraction of sp³-hybridized carbons (Fsp3) is 0.444. The Kier molecular flexibility index (Phi) is 9.36. The van der Waals surface area contributed by atoms with Crippen LogP contribution < -0.4 is 9.47 Å². The molecule has 1 heterocycles. The minimum atomic E-state index is -0.659. The molecule has 5 nitrogen and oxygen atoms in total. The van der Waals surface area contributed by atoms with Crippen molar-refractivity contribution in [3.63, 3.8) is 0 Å². The highest BCUT2D eigenvalue weighted by Crippen LogP contribution is 2.37. The lowest BCUT2D eigenvalue weighted by Crippen LogP contribution is -2.31. The predicted octanol–water partition coefficient (Wildman–Crippen LogP) is 6.51. The highest BCUT2D eigenvalue weighted by atomic mass is 35.5. The van der Waals surface area contributed by atoms with E-state index in [1.54, 1.807) is 14.2 Å². The first-order valence-electron chi connectivity index (χ1n) is 11.7. The van der Waals surface area contributed by atoms with Crippen molar-refractivity contribution in [2.75, 3.05) is 33.9 Å². The third-order valence-corrected chi connectivity index (χ3v) is 6.18. The average molecular weight is 471 g/mol. The van der Waals surface area contributed by atoms with Crippen LogP contribution in [0.15, 0.2) is 42.5 Å². The molecule has 0 unspecified atom stereocenters.